The summed E-state index contributed by atoms with van der Waals surface area (Å²) in [6.45, 7) is 12.4. The number of carbonyl (C=O) groups excluding carboxylic acids is 1. The van der Waals surface area contributed by atoms with Crippen molar-refractivity contribution in [3.8, 4) is 0 Å². The minimum atomic E-state index is -2.17. The fourth-order valence-electron chi connectivity index (χ4n) is 1.57. The molecule has 0 bridgehead atoms. The van der Waals surface area contributed by atoms with Crippen LogP contribution in [-0.4, -0.2) is 30.4 Å². The lowest BCUT2D eigenvalue weighted by atomic mass is 10.2. The summed E-state index contributed by atoms with van der Waals surface area (Å²) in [5.74, 6) is 1.02. The predicted molar refractivity (Wildman–Crippen MR) is 88.9 cm³/mol. The van der Waals surface area contributed by atoms with E-state index >= 15 is 0 Å². The van der Waals surface area contributed by atoms with Gasteiger partial charge in [0.2, 0.25) is 5.12 Å². The van der Waals surface area contributed by atoms with Crippen LogP contribution < -0.4 is 0 Å². The number of hydrogen-bond donors (Lipinski definition) is 1. The molecule has 1 rings (SSSR count). The Hall–Kier alpha value is -0.563. The molecular weight excluding hydrogens is 304 g/mol. The number of aliphatic hydroxyl groups excluding tert-OH is 1. The quantitative estimate of drug-likeness (QED) is 0.799. The normalized spacial score (nSPS) is 15.8. The number of aliphatic hydroxyl groups is 1. The van der Waals surface area contributed by atoms with Crippen LogP contribution in [0, 0.1) is 0 Å². The smallest absolute Gasteiger partial charge is 0.219 e. The summed E-state index contributed by atoms with van der Waals surface area (Å²) in [5, 5.41) is 10.3. The first-order valence-electron chi connectivity index (χ1n) is 7.16. The van der Waals surface area contributed by atoms with Crippen LogP contribution in [0.5, 0.6) is 0 Å². The zero-order chi connectivity index (χ0) is 16.3. The molecule has 6 heteroatoms. The second-order valence-corrected chi connectivity index (χ2v) is 12.5. The highest BCUT2D eigenvalue weighted by molar-refractivity contribution is 8.13. The first-order valence-corrected chi connectivity index (χ1v) is 11.1. The predicted octanol–water partition coefficient (Wildman–Crippen LogP) is 3.98. The summed E-state index contributed by atoms with van der Waals surface area (Å²) < 4.78 is 11.4. The third kappa shape index (κ3) is 4.71. The van der Waals surface area contributed by atoms with E-state index in [9.17, 15) is 9.90 Å². The van der Waals surface area contributed by atoms with E-state index in [4.69, 9.17) is 8.84 Å². The molecule has 120 valence electrons. The van der Waals surface area contributed by atoms with Crippen molar-refractivity contribution >= 4 is 25.2 Å². The molecule has 0 saturated heterocycles. The third-order valence-electron chi connectivity index (χ3n) is 3.87. The van der Waals surface area contributed by atoms with Crippen molar-refractivity contribution in [3.05, 3.63) is 24.2 Å². The van der Waals surface area contributed by atoms with E-state index < -0.39 is 20.5 Å². The van der Waals surface area contributed by atoms with Crippen molar-refractivity contribution < 1.29 is 18.7 Å². The maximum atomic E-state index is 12.3. The summed E-state index contributed by atoms with van der Waals surface area (Å²) in [6, 6.07) is 3.36. The lowest BCUT2D eigenvalue weighted by Gasteiger charge is -2.39. The monoisotopic (exact) mass is 330 g/mol. The molecule has 0 unspecified atom stereocenters. The summed E-state index contributed by atoms with van der Waals surface area (Å²) >= 11 is 1.17. The summed E-state index contributed by atoms with van der Waals surface area (Å²) in [7, 11) is -2.17. The van der Waals surface area contributed by atoms with E-state index in [1.165, 1.54) is 18.0 Å². The maximum Gasteiger partial charge on any atom is 0.219 e. The van der Waals surface area contributed by atoms with Gasteiger partial charge in [-0.1, -0.05) is 39.5 Å². The molecule has 0 aromatic carbocycles. The molecule has 0 saturated carbocycles. The molecule has 1 aromatic rings. The summed E-state index contributed by atoms with van der Waals surface area (Å²) in [5.41, 5.74) is 0. The zero-order valence-electron chi connectivity index (χ0n) is 13.7. The number of carbonyl (C=O) groups is 1. The molecule has 21 heavy (non-hydrogen) atoms. The van der Waals surface area contributed by atoms with E-state index in [0.29, 0.717) is 11.5 Å². The lowest BCUT2D eigenvalue weighted by Crippen LogP contribution is -2.47. The second-order valence-electron chi connectivity index (χ2n) is 6.51. The average Bonchev–Trinajstić information content (AvgIpc) is 2.87. The van der Waals surface area contributed by atoms with Crippen LogP contribution in [0.15, 0.2) is 22.8 Å². The minimum absolute atomic E-state index is 0.0364. The first kappa shape index (κ1) is 18.5. The van der Waals surface area contributed by atoms with E-state index in [1.54, 1.807) is 12.1 Å². The van der Waals surface area contributed by atoms with Gasteiger partial charge >= 0.3 is 0 Å². The SMILES string of the molecule is CCSC(=O)[C@H](O[Si](C)(C)C(C)(C)C)[C@H](O)c1ccco1. The molecule has 1 N–H and O–H groups in total. The Morgan fingerprint density at radius 1 is 1.48 bits per heavy atom. The molecule has 4 nitrogen and oxygen atoms in total. The molecule has 0 amide bonds. The number of thioether (sulfide) groups is 1. The van der Waals surface area contributed by atoms with Crippen LogP contribution in [-0.2, 0) is 9.22 Å². The Bertz CT molecular complexity index is 451. The van der Waals surface area contributed by atoms with Crippen LogP contribution in [0.3, 0.4) is 0 Å². The van der Waals surface area contributed by atoms with E-state index in [2.05, 4.69) is 33.9 Å². The van der Waals surface area contributed by atoms with Gasteiger partial charge in [0.15, 0.2) is 8.32 Å². The first-order chi connectivity index (χ1) is 9.60. The Morgan fingerprint density at radius 2 is 2.10 bits per heavy atom. The van der Waals surface area contributed by atoms with Gasteiger partial charge in [0.25, 0.3) is 0 Å². The van der Waals surface area contributed by atoms with Gasteiger partial charge < -0.3 is 13.9 Å². The number of hydrogen-bond acceptors (Lipinski definition) is 5. The molecule has 0 aliphatic heterocycles. The molecule has 0 aliphatic carbocycles. The van der Waals surface area contributed by atoms with Gasteiger partial charge in [-0.05, 0) is 36.0 Å². The van der Waals surface area contributed by atoms with Gasteiger partial charge in [0.1, 0.15) is 18.0 Å². The molecule has 1 aromatic heterocycles. The maximum absolute atomic E-state index is 12.3. The topological polar surface area (TPSA) is 59.7 Å². The third-order valence-corrected chi connectivity index (χ3v) is 9.13. The summed E-state index contributed by atoms with van der Waals surface area (Å²) in [4.78, 5) is 12.3. The Kier molecular flexibility index (Phi) is 6.28. The average molecular weight is 331 g/mol. The second kappa shape index (κ2) is 7.13. The molecule has 0 radical (unpaired) electrons. The Labute approximate surface area is 132 Å². The molecule has 1 heterocycles. The molecule has 0 fully saturated rings. The highest BCUT2D eigenvalue weighted by Gasteiger charge is 2.43. The standard InChI is InChI=1S/C15H26O4SSi/c1-7-20-14(17)13(12(16)11-9-8-10-18-11)19-21(5,6)15(2,3)4/h8-10,12-13,16H,7H2,1-6H3/t12-,13-/m1/s1. The minimum Gasteiger partial charge on any atom is -0.466 e. The largest absolute Gasteiger partial charge is 0.466 e. The van der Waals surface area contributed by atoms with Crippen molar-refractivity contribution in [3.63, 3.8) is 0 Å². The molecule has 0 aliphatic rings. The molecular formula is C15H26O4SSi. The van der Waals surface area contributed by atoms with Gasteiger partial charge in [-0.15, -0.1) is 0 Å². The van der Waals surface area contributed by atoms with Crippen LogP contribution >= 0.6 is 11.8 Å². The van der Waals surface area contributed by atoms with Crippen molar-refractivity contribution in [2.24, 2.45) is 0 Å². The van der Waals surface area contributed by atoms with Crippen LogP contribution in [0.2, 0.25) is 18.1 Å². The van der Waals surface area contributed by atoms with Crippen LogP contribution in [0.25, 0.3) is 0 Å². The van der Waals surface area contributed by atoms with Gasteiger partial charge in [0, 0.05) is 0 Å². The summed E-state index contributed by atoms with van der Waals surface area (Å²) in [6.07, 6.45) is -0.470. The fourth-order valence-corrected chi connectivity index (χ4v) is 3.50. The van der Waals surface area contributed by atoms with E-state index in [0.717, 1.165) is 0 Å². The fraction of sp³-hybridized carbons (Fsp3) is 0.667. The van der Waals surface area contributed by atoms with Gasteiger partial charge in [-0.3, -0.25) is 4.79 Å². The van der Waals surface area contributed by atoms with Gasteiger partial charge in [-0.25, -0.2) is 0 Å². The Morgan fingerprint density at radius 3 is 2.52 bits per heavy atom. The highest BCUT2D eigenvalue weighted by atomic mass is 32.2. The van der Waals surface area contributed by atoms with Gasteiger partial charge in [-0.2, -0.15) is 0 Å². The number of furan rings is 1. The highest BCUT2D eigenvalue weighted by Crippen LogP contribution is 2.39. The van der Waals surface area contributed by atoms with E-state index in [-0.39, 0.29) is 10.2 Å². The number of rotatable bonds is 6. The van der Waals surface area contributed by atoms with Gasteiger partial charge in [0.05, 0.1) is 6.26 Å². The van der Waals surface area contributed by atoms with Crippen molar-refractivity contribution in [1.82, 2.24) is 0 Å². The van der Waals surface area contributed by atoms with Crippen molar-refractivity contribution in [2.75, 3.05) is 5.75 Å². The van der Waals surface area contributed by atoms with Crippen molar-refractivity contribution in [1.29, 1.82) is 0 Å². The Balaban J connectivity index is 3.01. The van der Waals surface area contributed by atoms with E-state index in [1.807, 2.05) is 6.92 Å². The molecule has 2 atom stereocenters. The van der Waals surface area contributed by atoms with Crippen LogP contribution in [0.4, 0.5) is 0 Å². The zero-order valence-corrected chi connectivity index (χ0v) is 15.5. The van der Waals surface area contributed by atoms with Crippen molar-refractivity contribution in [2.45, 2.75) is 58.0 Å². The van der Waals surface area contributed by atoms with Crippen LogP contribution in [0.1, 0.15) is 39.6 Å². The molecule has 0 spiro atoms. The lowest BCUT2D eigenvalue weighted by molar-refractivity contribution is -0.123.